The van der Waals surface area contributed by atoms with Gasteiger partial charge in [-0.25, -0.2) is 5.90 Å². The third-order valence-corrected chi connectivity index (χ3v) is 2.36. The minimum absolute atomic E-state index is 0.277. The number of benzene rings is 1. The van der Waals surface area contributed by atoms with E-state index < -0.39 is 0 Å². The van der Waals surface area contributed by atoms with E-state index in [-0.39, 0.29) is 6.61 Å². The van der Waals surface area contributed by atoms with Crippen LogP contribution in [0.5, 0.6) is 11.5 Å². The van der Waals surface area contributed by atoms with Gasteiger partial charge in [-0.05, 0) is 28.1 Å². The molecule has 2 N–H and O–H groups in total. The van der Waals surface area contributed by atoms with Gasteiger partial charge in [0, 0.05) is 5.56 Å². The van der Waals surface area contributed by atoms with Gasteiger partial charge in [-0.2, -0.15) is 0 Å². The molecule has 0 aliphatic rings. The Bertz CT molecular complexity index is 317. The highest BCUT2D eigenvalue weighted by Crippen LogP contribution is 2.33. The van der Waals surface area contributed by atoms with Crippen molar-refractivity contribution in [2.75, 3.05) is 14.2 Å². The molecule has 0 unspecified atom stereocenters. The van der Waals surface area contributed by atoms with E-state index in [1.807, 2.05) is 12.1 Å². The van der Waals surface area contributed by atoms with E-state index in [4.69, 9.17) is 15.4 Å². The van der Waals surface area contributed by atoms with Crippen LogP contribution in [-0.2, 0) is 11.4 Å². The van der Waals surface area contributed by atoms with Crippen molar-refractivity contribution in [3.63, 3.8) is 0 Å². The van der Waals surface area contributed by atoms with Gasteiger partial charge in [0.05, 0.1) is 25.3 Å². The number of nitrogens with two attached hydrogens (primary N) is 1. The van der Waals surface area contributed by atoms with Gasteiger partial charge in [0.1, 0.15) is 11.5 Å². The second kappa shape index (κ2) is 5.19. The summed E-state index contributed by atoms with van der Waals surface area (Å²) in [6, 6.07) is 3.63. The minimum Gasteiger partial charge on any atom is -0.497 e. The molecule has 0 atom stereocenters. The van der Waals surface area contributed by atoms with E-state index in [1.165, 1.54) is 0 Å². The molecule has 0 fully saturated rings. The highest BCUT2D eigenvalue weighted by molar-refractivity contribution is 9.10. The fourth-order valence-electron chi connectivity index (χ4n) is 1.17. The molecule has 0 radical (unpaired) electrons. The van der Waals surface area contributed by atoms with E-state index in [0.717, 1.165) is 15.8 Å². The lowest BCUT2D eigenvalue weighted by molar-refractivity contribution is 0.122. The van der Waals surface area contributed by atoms with E-state index in [2.05, 4.69) is 20.8 Å². The molecule has 14 heavy (non-hydrogen) atoms. The normalized spacial score (nSPS) is 10.0. The molecular weight excluding hydrogens is 250 g/mol. The van der Waals surface area contributed by atoms with Crippen molar-refractivity contribution in [3.05, 3.63) is 22.2 Å². The maximum absolute atomic E-state index is 5.19. The summed E-state index contributed by atoms with van der Waals surface area (Å²) in [4.78, 5) is 4.57. The van der Waals surface area contributed by atoms with Gasteiger partial charge in [-0.15, -0.1) is 0 Å². The molecule has 0 amide bonds. The maximum atomic E-state index is 5.19. The molecule has 0 bridgehead atoms. The summed E-state index contributed by atoms with van der Waals surface area (Å²) >= 11 is 3.37. The SMILES string of the molecule is COc1cc(Br)c(OC)c(CON)c1. The van der Waals surface area contributed by atoms with Crippen molar-refractivity contribution < 1.29 is 14.3 Å². The first-order valence-electron chi connectivity index (χ1n) is 3.95. The third kappa shape index (κ3) is 2.37. The van der Waals surface area contributed by atoms with Crippen molar-refractivity contribution in [3.8, 4) is 11.5 Å². The molecule has 1 aromatic carbocycles. The van der Waals surface area contributed by atoms with Crippen molar-refractivity contribution in [2.24, 2.45) is 5.90 Å². The Labute approximate surface area is 91.0 Å². The lowest BCUT2D eigenvalue weighted by atomic mass is 10.2. The van der Waals surface area contributed by atoms with Gasteiger partial charge < -0.3 is 9.47 Å². The zero-order valence-electron chi connectivity index (χ0n) is 8.04. The molecule has 0 aliphatic carbocycles. The monoisotopic (exact) mass is 261 g/mol. The molecule has 1 aromatic rings. The zero-order valence-corrected chi connectivity index (χ0v) is 9.63. The Balaban J connectivity index is 3.13. The number of methoxy groups -OCH3 is 2. The van der Waals surface area contributed by atoms with Crippen molar-refractivity contribution in [2.45, 2.75) is 6.61 Å². The Morgan fingerprint density at radius 1 is 1.29 bits per heavy atom. The lowest BCUT2D eigenvalue weighted by Crippen LogP contribution is -2.02. The summed E-state index contributed by atoms with van der Waals surface area (Å²) in [6.07, 6.45) is 0. The molecule has 0 saturated heterocycles. The van der Waals surface area contributed by atoms with Crippen LogP contribution in [0.1, 0.15) is 5.56 Å². The summed E-state index contributed by atoms with van der Waals surface area (Å²) in [5, 5.41) is 0. The lowest BCUT2D eigenvalue weighted by Gasteiger charge is -2.11. The van der Waals surface area contributed by atoms with Gasteiger partial charge in [-0.3, -0.25) is 4.84 Å². The van der Waals surface area contributed by atoms with Crippen molar-refractivity contribution >= 4 is 15.9 Å². The molecule has 1 rings (SSSR count). The van der Waals surface area contributed by atoms with Gasteiger partial charge in [0.25, 0.3) is 0 Å². The third-order valence-electron chi connectivity index (χ3n) is 1.77. The fraction of sp³-hybridized carbons (Fsp3) is 0.333. The van der Waals surface area contributed by atoms with Crippen molar-refractivity contribution in [1.82, 2.24) is 0 Å². The highest BCUT2D eigenvalue weighted by Gasteiger charge is 2.10. The summed E-state index contributed by atoms with van der Waals surface area (Å²) in [7, 11) is 3.19. The first-order valence-corrected chi connectivity index (χ1v) is 4.74. The van der Waals surface area contributed by atoms with Crippen LogP contribution in [0.2, 0.25) is 0 Å². The molecule has 0 aromatic heterocycles. The van der Waals surface area contributed by atoms with Crippen LogP contribution in [0, 0.1) is 0 Å². The molecule has 78 valence electrons. The molecule has 0 saturated carbocycles. The second-order valence-electron chi connectivity index (χ2n) is 2.61. The quantitative estimate of drug-likeness (QED) is 0.841. The van der Waals surface area contributed by atoms with Crippen LogP contribution in [0.4, 0.5) is 0 Å². The number of ether oxygens (including phenoxy) is 2. The summed E-state index contributed by atoms with van der Waals surface area (Å²) in [6.45, 7) is 0.277. The van der Waals surface area contributed by atoms with E-state index in [0.29, 0.717) is 5.75 Å². The molecule has 4 nitrogen and oxygen atoms in total. The van der Waals surface area contributed by atoms with Crippen LogP contribution in [-0.4, -0.2) is 14.2 Å². The largest absolute Gasteiger partial charge is 0.497 e. The average Bonchev–Trinajstić information content (AvgIpc) is 2.18. The number of hydrogen-bond donors (Lipinski definition) is 1. The molecular formula is C9H12BrNO3. The minimum atomic E-state index is 0.277. The Kier molecular flexibility index (Phi) is 4.19. The smallest absolute Gasteiger partial charge is 0.138 e. The predicted molar refractivity (Wildman–Crippen MR) is 56.2 cm³/mol. The summed E-state index contributed by atoms with van der Waals surface area (Å²) < 4.78 is 11.1. The topological polar surface area (TPSA) is 53.7 Å². The number of hydrogen-bond acceptors (Lipinski definition) is 4. The van der Waals surface area contributed by atoms with Gasteiger partial charge in [0.2, 0.25) is 0 Å². The number of halogens is 1. The van der Waals surface area contributed by atoms with E-state index in [9.17, 15) is 0 Å². The fourth-order valence-corrected chi connectivity index (χ4v) is 1.81. The number of rotatable bonds is 4. The average molecular weight is 262 g/mol. The van der Waals surface area contributed by atoms with E-state index >= 15 is 0 Å². The molecule has 0 heterocycles. The Morgan fingerprint density at radius 3 is 2.50 bits per heavy atom. The second-order valence-corrected chi connectivity index (χ2v) is 3.47. The zero-order chi connectivity index (χ0) is 10.6. The van der Waals surface area contributed by atoms with Gasteiger partial charge in [-0.1, -0.05) is 0 Å². The molecule has 0 spiro atoms. The van der Waals surface area contributed by atoms with Crippen LogP contribution >= 0.6 is 15.9 Å². The first-order chi connectivity index (χ1) is 6.72. The van der Waals surface area contributed by atoms with Crippen LogP contribution in [0.3, 0.4) is 0 Å². The van der Waals surface area contributed by atoms with Crippen LogP contribution in [0.25, 0.3) is 0 Å². The van der Waals surface area contributed by atoms with Gasteiger partial charge in [0.15, 0.2) is 0 Å². The van der Waals surface area contributed by atoms with Crippen molar-refractivity contribution in [1.29, 1.82) is 0 Å². The Hall–Kier alpha value is -0.780. The predicted octanol–water partition coefficient (Wildman–Crippen LogP) is 1.86. The van der Waals surface area contributed by atoms with Crippen LogP contribution < -0.4 is 15.4 Å². The maximum Gasteiger partial charge on any atom is 0.138 e. The summed E-state index contributed by atoms with van der Waals surface area (Å²) in [5.74, 6) is 6.45. The van der Waals surface area contributed by atoms with E-state index in [1.54, 1.807) is 14.2 Å². The Morgan fingerprint density at radius 2 is 2.00 bits per heavy atom. The molecule has 0 aliphatic heterocycles. The highest BCUT2D eigenvalue weighted by atomic mass is 79.9. The molecule has 5 heteroatoms. The van der Waals surface area contributed by atoms with Gasteiger partial charge >= 0.3 is 0 Å². The summed E-state index contributed by atoms with van der Waals surface area (Å²) in [5.41, 5.74) is 0.834. The van der Waals surface area contributed by atoms with Crippen LogP contribution in [0.15, 0.2) is 16.6 Å². The standard InChI is InChI=1S/C9H12BrNO3/c1-12-7-3-6(5-14-11)9(13-2)8(10)4-7/h3-4H,5,11H2,1-2H3. The first kappa shape index (κ1) is 11.3.